The molecule has 0 aromatic carbocycles. The molecule has 88 valence electrons. The third-order valence-corrected chi connectivity index (χ3v) is 3.84. The molecule has 0 amide bonds. The lowest BCUT2D eigenvalue weighted by Crippen LogP contribution is -2.26. The Kier molecular flexibility index (Phi) is 4.45. The summed E-state index contributed by atoms with van der Waals surface area (Å²) in [6.45, 7) is 7.55. The second-order valence-electron chi connectivity index (χ2n) is 5.25. The van der Waals surface area contributed by atoms with E-state index in [0.29, 0.717) is 0 Å². The van der Waals surface area contributed by atoms with Gasteiger partial charge in [0.1, 0.15) is 0 Å². The fraction of sp³-hybridized carbons (Fsp3) is 1.00. The first-order valence-corrected chi connectivity index (χ1v) is 6.86. The van der Waals surface area contributed by atoms with Gasteiger partial charge in [-0.05, 0) is 64.2 Å². The first kappa shape index (κ1) is 11.4. The quantitative estimate of drug-likeness (QED) is 0.648. The molecule has 1 N–H and O–H groups in total. The lowest BCUT2D eigenvalue weighted by molar-refractivity contribution is 0.330. The summed E-state index contributed by atoms with van der Waals surface area (Å²) in [5, 5.41) is 3.69. The Labute approximate surface area is 94.4 Å². The normalized spacial score (nSPS) is 31.0. The molecule has 2 aliphatic rings. The molecule has 1 aliphatic heterocycles. The van der Waals surface area contributed by atoms with Crippen LogP contribution in [0, 0.1) is 5.92 Å². The fourth-order valence-corrected chi connectivity index (χ4v) is 2.78. The summed E-state index contributed by atoms with van der Waals surface area (Å²) in [4.78, 5) is 2.61. The molecule has 2 unspecified atom stereocenters. The van der Waals surface area contributed by atoms with E-state index in [-0.39, 0.29) is 0 Å². The average Bonchev–Trinajstić information content (AvgIpc) is 2.79. The molecule has 0 aromatic heterocycles. The van der Waals surface area contributed by atoms with Crippen molar-refractivity contribution in [2.45, 2.75) is 51.5 Å². The summed E-state index contributed by atoms with van der Waals surface area (Å²) in [5.41, 5.74) is 0. The summed E-state index contributed by atoms with van der Waals surface area (Å²) >= 11 is 0. The van der Waals surface area contributed by atoms with Gasteiger partial charge in [-0.25, -0.2) is 0 Å². The minimum absolute atomic E-state index is 0.878. The minimum Gasteiger partial charge on any atom is -0.314 e. The van der Waals surface area contributed by atoms with Crippen LogP contribution in [-0.2, 0) is 0 Å². The predicted octanol–water partition coefficient (Wildman–Crippen LogP) is 2.25. The van der Waals surface area contributed by atoms with Gasteiger partial charge in [0.05, 0.1) is 0 Å². The molecular weight excluding hydrogens is 184 g/mol. The third-order valence-electron chi connectivity index (χ3n) is 3.84. The van der Waals surface area contributed by atoms with Crippen molar-refractivity contribution in [1.82, 2.24) is 10.2 Å². The van der Waals surface area contributed by atoms with E-state index in [9.17, 15) is 0 Å². The molecule has 0 radical (unpaired) electrons. The maximum Gasteiger partial charge on any atom is 0.00991 e. The molecule has 0 spiro atoms. The standard InChI is InChI=1S/C13H26N2/c1-2-6-12-11-13(12)14-7-5-10-15-8-3-4-9-15/h12-14H,2-11H2,1H3. The number of likely N-dealkylation sites (tertiary alicyclic amines) is 1. The van der Waals surface area contributed by atoms with Gasteiger partial charge in [0.2, 0.25) is 0 Å². The molecule has 2 rings (SSSR count). The average molecular weight is 210 g/mol. The number of rotatable bonds is 7. The second-order valence-corrected chi connectivity index (χ2v) is 5.25. The smallest absolute Gasteiger partial charge is 0.00991 e. The maximum atomic E-state index is 3.69. The van der Waals surface area contributed by atoms with Gasteiger partial charge < -0.3 is 10.2 Å². The highest BCUT2D eigenvalue weighted by Crippen LogP contribution is 2.34. The van der Waals surface area contributed by atoms with E-state index in [0.717, 1.165) is 12.0 Å². The van der Waals surface area contributed by atoms with Gasteiger partial charge in [-0.3, -0.25) is 0 Å². The zero-order chi connectivity index (χ0) is 10.5. The molecular formula is C13H26N2. The molecule has 1 saturated heterocycles. The van der Waals surface area contributed by atoms with Crippen LogP contribution in [0.3, 0.4) is 0 Å². The van der Waals surface area contributed by atoms with E-state index >= 15 is 0 Å². The van der Waals surface area contributed by atoms with E-state index < -0.39 is 0 Å². The lowest BCUT2D eigenvalue weighted by atomic mass is 10.2. The van der Waals surface area contributed by atoms with Crippen LogP contribution in [0.5, 0.6) is 0 Å². The van der Waals surface area contributed by atoms with Crippen molar-refractivity contribution >= 4 is 0 Å². The molecule has 2 atom stereocenters. The van der Waals surface area contributed by atoms with Crippen LogP contribution in [0.4, 0.5) is 0 Å². The van der Waals surface area contributed by atoms with Gasteiger partial charge in [-0.2, -0.15) is 0 Å². The van der Waals surface area contributed by atoms with Crippen LogP contribution < -0.4 is 5.32 Å². The Hall–Kier alpha value is -0.0800. The first-order chi connectivity index (χ1) is 7.40. The number of nitrogens with one attached hydrogen (secondary N) is 1. The first-order valence-electron chi connectivity index (χ1n) is 6.86. The Bertz CT molecular complexity index is 175. The zero-order valence-corrected chi connectivity index (χ0v) is 10.2. The van der Waals surface area contributed by atoms with Crippen LogP contribution in [-0.4, -0.2) is 37.1 Å². The molecule has 1 saturated carbocycles. The van der Waals surface area contributed by atoms with E-state index in [1.54, 1.807) is 0 Å². The maximum absolute atomic E-state index is 3.69. The van der Waals surface area contributed by atoms with Crippen molar-refractivity contribution in [1.29, 1.82) is 0 Å². The number of hydrogen-bond acceptors (Lipinski definition) is 2. The van der Waals surface area contributed by atoms with Crippen LogP contribution >= 0.6 is 0 Å². The predicted molar refractivity (Wildman–Crippen MR) is 65.1 cm³/mol. The molecule has 0 aromatic rings. The van der Waals surface area contributed by atoms with Gasteiger partial charge >= 0.3 is 0 Å². The SMILES string of the molecule is CCCC1CC1NCCCN1CCCC1. The largest absolute Gasteiger partial charge is 0.314 e. The monoisotopic (exact) mass is 210 g/mol. The Morgan fingerprint density at radius 1 is 1.27 bits per heavy atom. The van der Waals surface area contributed by atoms with Crippen molar-refractivity contribution in [3.63, 3.8) is 0 Å². The van der Waals surface area contributed by atoms with E-state index in [4.69, 9.17) is 0 Å². The zero-order valence-electron chi connectivity index (χ0n) is 10.2. The number of hydrogen-bond donors (Lipinski definition) is 1. The summed E-state index contributed by atoms with van der Waals surface area (Å²) in [6.07, 6.45) is 8.43. The summed E-state index contributed by atoms with van der Waals surface area (Å²) in [7, 11) is 0. The lowest BCUT2D eigenvalue weighted by Gasteiger charge is -2.14. The summed E-state index contributed by atoms with van der Waals surface area (Å²) in [6, 6.07) is 0.878. The summed E-state index contributed by atoms with van der Waals surface area (Å²) in [5.74, 6) is 1.02. The second kappa shape index (κ2) is 5.86. The van der Waals surface area contributed by atoms with Crippen molar-refractivity contribution < 1.29 is 0 Å². The van der Waals surface area contributed by atoms with Crippen LogP contribution in [0.15, 0.2) is 0 Å². The molecule has 2 nitrogen and oxygen atoms in total. The van der Waals surface area contributed by atoms with E-state index in [2.05, 4.69) is 17.1 Å². The highest BCUT2D eigenvalue weighted by molar-refractivity contribution is 4.92. The van der Waals surface area contributed by atoms with Gasteiger partial charge in [-0.1, -0.05) is 13.3 Å². The Morgan fingerprint density at radius 2 is 2.07 bits per heavy atom. The van der Waals surface area contributed by atoms with Crippen molar-refractivity contribution in [3.8, 4) is 0 Å². The minimum atomic E-state index is 0.878. The van der Waals surface area contributed by atoms with Gasteiger partial charge in [0.25, 0.3) is 0 Å². The molecule has 2 fully saturated rings. The van der Waals surface area contributed by atoms with E-state index in [1.807, 2.05) is 0 Å². The molecule has 2 heteroatoms. The van der Waals surface area contributed by atoms with Crippen molar-refractivity contribution in [3.05, 3.63) is 0 Å². The highest BCUT2D eigenvalue weighted by atomic mass is 15.1. The Morgan fingerprint density at radius 3 is 2.80 bits per heavy atom. The highest BCUT2D eigenvalue weighted by Gasteiger charge is 2.34. The molecule has 1 heterocycles. The van der Waals surface area contributed by atoms with Gasteiger partial charge in [0.15, 0.2) is 0 Å². The van der Waals surface area contributed by atoms with Crippen molar-refractivity contribution in [2.24, 2.45) is 5.92 Å². The van der Waals surface area contributed by atoms with Gasteiger partial charge in [-0.15, -0.1) is 0 Å². The molecule has 15 heavy (non-hydrogen) atoms. The van der Waals surface area contributed by atoms with Crippen LogP contribution in [0.1, 0.15) is 45.4 Å². The number of nitrogens with zero attached hydrogens (tertiary/aromatic N) is 1. The van der Waals surface area contributed by atoms with Crippen molar-refractivity contribution in [2.75, 3.05) is 26.2 Å². The molecule has 0 bridgehead atoms. The van der Waals surface area contributed by atoms with Crippen LogP contribution in [0.25, 0.3) is 0 Å². The Balaban J connectivity index is 1.42. The topological polar surface area (TPSA) is 15.3 Å². The third kappa shape index (κ3) is 3.76. The summed E-state index contributed by atoms with van der Waals surface area (Å²) < 4.78 is 0. The van der Waals surface area contributed by atoms with Crippen LogP contribution in [0.2, 0.25) is 0 Å². The van der Waals surface area contributed by atoms with E-state index in [1.165, 1.54) is 64.7 Å². The van der Waals surface area contributed by atoms with Gasteiger partial charge in [0, 0.05) is 6.04 Å². The molecule has 1 aliphatic carbocycles. The fourth-order valence-electron chi connectivity index (χ4n) is 2.78.